The summed E-state index contributed by atoms with van der Waals surface area (Å²) in [6.07, 6.45) is 1.57. The molecule has 1 heterocycles. The average Bonchev–Trinajstić information content (AvgIpc) is 2.71. The maximum absolute atomic E-state index is 13.3. The van der Waals surface area contributed by atoms with E-state index in [-0.39, 0.29) is 10.7 Å². The Morgan fingerprint density at radius 1 is 1.03 bits per heavy atom. The fourth-order valence-electron chi connectivity index (χ4n) is 3.41. The van der Waals surface area contributed by atoms with E-state index in [9.17, 15) is 9.59 Å². The van der Waals surface area contributed by atoms with E-state index >= 15 is 0 Å². The largest absolute Gasteiger partial charge is 0.496 e. The number of thiocarbonyl (C=S) groups is 1. The highest BCUT2D eigenvalue weighted by Crippen LogP contribution is 2.31. The quantitative estimate of drug-likeness (QED) is 0.409. The number of hydrogen-bond acceptors (Lipinski definition) is 4. The van der Waals surface area contributed by atoms with Crippen LogP contribution in [0.4, 0.5) is 5.69 Å². The maximum atomic E-state index is 13.3. The molecule has 1 aliphatic heterocycles. The number of fused-ring (bicyclic) bond motifs is 1. The fraction of sp³-hybridized carbons (Fsp3) is 0.0870. The molecule has 5 nitrogen and oxygen atoms in total. The molecule has 0 saturated carbocycles. The van der Waals surface area contributed by atoms with Crippen LogP contribution in [0.3, 0.4) is 0 Å². The number of rotatable bonds is 3. The number of carbonyl (C=O) groups is 2. The normalized spacial score (nSPS) is 15.7. The first-order valence-electron chi connectivity index (χ1n) is 9.03. The molecular formula is C23H18N2O3S. The van der Waals surface area contributed by atoms with Gasteiger partial charge in [-0.1, -0.05) is 42.5 Å². The molecule has 0 radical (unpaired) electrons. The van der Waals surface area contributed by atoms with Gasteiger partial charge in [-0.15, -0.1) is 0 Å². The molecule has 6 heteroatoms. The van der Waals surface area contributed by atoms with Crippen molar-refractivity contribution in [2.75, 3.05) is 12.0 Å². The van der Waals surface area contributed by atoms with Crippen molar-refractivity contribution in [3.05, 3.63) is 77.4 Å². The van der Waals surface area contributed by atoms with Crippen molar-refractivity contribution >= 4 is 51.7 Å². The summed E-state index contributed by atoms with van der Waals surface area (Å²) in [4.78, 5) is 27.3. The Morgan fingerprint density at radius 3 is 2.59 bits per heavy atom. The van der Waals surface area contributed by atoms with Crippen molar-refractivity contribution in [3.63, 3.8) is 0 Å². The van der Waals surface area contributed by atoms with E-state index in [1.54, 1.807) is 19.3 Å². The zero-order chi connectivity index (χ0) is 20.5. The summed E-state index contributed by atoms with van der Waals surface area (Å²) in [5, 5.41) is 4.55. The van der Waals surface area contributed by atoms with Crippen molar-refractivity contribution in [1.29, 1.82) is 0 Å². The number of ether oxygens (including phenoxy) is 1. The standard InChI is InChI=1S/C23H18N2O3S/c1-14-6-5-8-16(12-14)25-22(27)19(21(26)24-23(25)29)13-18-17-9-4-3-7-15(17)10-11-20(18)28-2/h3-13H,1-2H3,(H,24,26,29)/b19-13+. The Bertz CT molecular complexity index is 1200. The maximum Gasteiger partial charge on any atom is 0.270 e. The van der Waals surface area contributed by atoms with Gasteiger partial charge in [-0.25, -0.2) is 0 Å². The summed E-state index contributed by atoms with van der Waals surface area (Å²) in [5.41, 5.74) is 2.25. The molecule has 0 bridgehead atoms. The third kappa shape index (κ3) is 3.39. The second-order valence-corrected chi connectivity index (χ2v) is 7.09. The number of nitrogens with zero attached hydrogens (tertiary/aromatic N) is 1. The molecule has 3 aromatic carbocycles. The number of nitrogens with one attached hydrogen (secondary N) is 1. The first-order valence-corrected chi connectivity index (χ1v) is 9.44. The van der Waals surface area contributed by atoms with Crippen LogP contribution >= 0.6 is 12.2 Å². The summed E-state index contributed by atoms with van der Waals surface area (Å²) < 4.78 is 5.49. The average molecular weight is 402 g/mol. The fourth-order valence-corrected chi connectivity index (χ4v) is 3.69. The topological polar surface area (TPSA) is 58.6 Å². The van der Waals surface area contributed by atoms with Gasteiger partial charge in [-0.2, -0.15) is 0 Å². The zero-order valence-corrected chi connectivity index (χ0v) is 16.7. The van der Waals surface area contributed by atoms with Crippen LogP contribution in [0.25, 0.3) is 16.8 Å². The van der Waals surface area contributed by atoms with Crippen molar-refractivity contribution < 1.29 is 14.3 Å². The molecule has 2 amide bonds. The van der Waals surface area contributed by atoms with Crippen LogP contribution in [-0.2, 0) is 9.59 Å². The van der Waals surface area contributed by atoms with Crippen molar-refractivity contribution in [3.8, 4) is 5.75 Å². The summed E-state index contributed by atoms with van der Waals surface area (Å²) in [7, 11) is 1.56. The molecule has 3 aromatic rings. The van der Waals surface area contributed by atoms with Crippen LogP contribution in [0.2, 0.25) is 0 Å². The molecule has 1 aliphatic rings. The SMILES string of the molecule is COc1ccc2ccccc2c1/C=C1\C(=O)NC(=S)N(c2cccc(C)c2)C1=O. The van der Waals surface area contributed by atoms with Crippen LogP contribution in [0.5, 0.6) is 5.75 Å². The monoisotopic (exact) mass is 402 g/mol. The summed E-state index contributed by atoms with van der Waals surface area (Å²) in [6.45, 7) is 1.93. The Labute approximate surface area is 173 Å². The summed E-state index contributed by atoms with van der Waals surface area (Å²) in [6, 6.07) is 18.9. The van der Waals surface area contributed by atoms with Crippen LogP contribution in [-0.4, -0.2) is 24.0 Å². The number of benzene rings is 3. The van der Waals surface area contributed by atoms with Gasteiger partial charge >= 0.3 is 0 Å². The third-order valence-electron chi connectivity index (χ3n) is 4.80. The molecule has 4 rings (SSSR count). The second-order valence-electron chi connectivity index (χ2n) is 6.70. The van der Waals surface area contributed by atoms with Gasteiger partial charge in [0.15, 0.2) is 5.11 Å². The number of anilines is 1. The van der Waals surface area contributed by atoms with Gasteiger partial charge in [0.25, 0.3) is 11.8 Å². The molecule has 1 N–H and O–H groups in total. The molecule has 1 fully saturated rings. The predicted octanol–water partition coefficient (Wildman–Crippen LogP) is 3.99. The predicted molar refractivity (Wildman–Crippen MR) is 118 cm³/mol. The van der Waals surface area contributed by atoms with Crippen LogP contribution in [0.15, 0.2) is 66.2 Å². The second kappa shape index (κ2) is 7.48. The molecule has 0 spiro atoms. The molecule has 0 aromatic heterocycles. The van der Waals surface area contributed by atoms with Gasteiger partial charge in [0, 0.05) is 5.56 Å². The molecule has 0 atom stereocenters. The van der Waals surface area contributed by atoms with Gasteiger partial charge in [-0.05, 0) is 59.8 Å². The minimum absolute atomic E-state index is 0.00485. The van der Waals surface area contributed by atoms with Crippen LogP contribution in [0.1, 0.15) is 11.1 Å². The van der Waals surface area contributed by atoms with E-state index in [0.29, 0.717) is 17.0 Å². The van der Waals surface area contributed by atoms with Gasteiger partial charge < -0.3 is 4.74 Å². The highest BCUT2D eigenvalue weighted by atomic mass is 32.1. The van der Waals surface area contributed by atoms with Crippen molar-refractivity contribution in [2.24, 2.45) is 0 Å². The molecule has 29 heavy (non-hydrogen) atoms. The number of aryl methyl sites for hydroxylation is 1. The minimum Gasteiger partial charge on any atom is -0.496 e. The number of methoxy groups -OCH3 is 1. The van der Waals surface area contributed by atoms with Crippen molar-refractivity contribution in [2.45, 2.75) is 6.92 Å². The van der Waals surface area contributed by atoms with Crippen molar-refractivity contribution in [1.82, 2.24) is 5.32 Å². The highest BCUT2D eigenvalue weighted by Gasteiger charge is 2.34. The zero-order valence-electron chi connectivity index (χ0n) is 15.9. The Hall–Kier alpha value is -3.51. The number of hydrogen-bond donors (Lipinski definition) is 1. The van der Waals surface area contributed by atoms with Crippen LogP contribution < -0.4 is 15.0 Å². The lowest BCUT2D eigenvalue weighted by molar-refractivity contribution is -0.122. The Morgan fingerprint density at radius 2 is 1.83 bits per heavy atom. The first kappa shape index (κ1) is 18.8. The van der Waals surface area contributed by atoms with Crippen LogP contribution in [0, 0.1) is 6.92 Å². The molecule has 1 saturated heterocycles. The highest BCUT2D eigenvalue weighted by molar-refractivity contribution is 7.80. The lowest BCUT2D eigenvalue weighted by Gasteiger charge is -2.29. The molecule has 0 unspecified atom stereocenters. The first-order chi connectivity index (χ1) is 14.0. The molecule has 144 valence electrons. The van der Waals surface area contributed by atoms with Gasteiger partial charge in [0.05, 0.1) is 12.8 Å². The number of carbonyl (C=O) groups excluding carboxylic acids is 2. The van der Waals surface area contributed by atoms with Gasteiger partial charge in [0.2, 0.25) is 0 Å². The third-order valence-corrected chi connectivity index (χ3v) is 5.09. The Balaban J connectivity index is 1.87. The van der Waals surface area contributed by atoms with Gasteiger partial charge in [-0.3, -0.25) is 19.8 Å². The molecular weight excluding hydrogens is 384 g/mol. The van der Waals surface area contributed by atoms with E-state index < -0.39 is 11.8 Å². The smallest absolute Gasteiger partial charge is 0.270 e. The summed E-state index contributed by atoms with van der Waals surface area (Å²) in [5.74, 6) is -0.426. The van der Waals surface area contributed by atoms with E-state index in [0.717, 1.165) is 16.3 Å². The van der Waals surface area contributed by atoms with E-state index in [1.807, 2.05) is 61.5 Å². The number of amides is 2. The van der Waals surface area contributed by atoms with Gasteiger partial charge in [0.1, 0.15) is 11.3 Å². The Kier molecular flexibility index (Phi) is 4.86. The lowest BCUT2D eigenvalue weighted by atomic mass is 9.99. The van der Waals surface area contributed by atoms with E-state index in [4.69, 9.17) is 17.0 Å². The molecule has 0 aliphatic carbocycles. The van der Waals surface area contributed by atoms with E-state index in [1.165, 1.54) is 4.90 Å². The minimum atomic E-state index is -0.529. The van der Waals surface area contributed by atoms with E-state index in [2.05, 4.69) is 5.32 Å². The lowest BCUT2D eigenvalue weighted by Crippen LogP contribution is -2.54. The summed E-state index contributed by atoms with van der Waals surface area (Å²) >= 11 is 5.27.